The van der Waals surface area contributed by atoms with Gasteiger partial charge < -0.3 is 14.8 Å². The molecule has 1 amide bonds. The Labute approximate surface area is 191 Å². The maximum atomic E-state index is 12.9. The van der Waals surface area contributed by atoms with Crippen LogP contribution in [0.2, 0.25) is 0 Å². The van der Waals surface area contributed by atoms with E-state index >= 15 is 0 Å². The third-order valence-electron chi connectivity index (χ3n) is 7.50. The summed E-state index contributed by atoms with van der Waals surface area (Å²) in [6.07, 6.45) is 2.95. The molecule has 3 fully saturated rings. The summed E-state index contributed by atoms with van der Waals surface area (Å²) in [6.45, 7) is 10.3. The Morgan fingerprint density at radius 1 is 1.16 bits per heavy atom. The number of para-hydroxylation sites is 1. The predicted molar refractivity (Wildman–Crippen MR) is 126 cm³/mol. The molecule has 0 aromatic heterocycles. The summed E-state index contributed by atoms with van der Waals surface area (Å²) in [6, 6.07) is 14.7. The first-order chi connectivity index (χ1) is 15.4. The Bertz CT molecular complexity index is 994. The molecule has 2 atom stereocenters. The Hall–Kier alpha value is -2.53. The summed E-state index contributed by atoms with van der Waals surface area (Å²) in [5.74, 6) is 1.42. The van der Waals surface area contributed by atoms with Gasteiger partial charge in [0.1, 0.15) is 11.9 Å². The Balaban J connectivity index is 1.34. The lowest BCUT2D eigenvalue weighted by atomic mass is 9.85. The van der Waals surface area contributed by atoms with E-state index in [9.17, 15) is 4.79 Å². The van der Waals surface area contributed by atoms with Gasteiger partial charge in [0.25, 0.3) is 0 Å². The highest BCUT2D eigenvalue weighted by atomic mass is 16.6. The minimum atomic E-state index is -0.277. The van der Waals surface area contributed by atoms with Crippen molar-refractivity contribution < 1.29 is 14.3 Å². The average molecular weight is 435 g/mol. The molecule has 2 aromatic carbocycles. The topological polar surface area (TPSA) is 50.8 Å². The molecule has 1 N–H and O–H groups in total. The van der Waals surface area contributed by atoms with E-state index in [2.05, 4.69) is 48.3 Å². The number of hydrogen-bond acceptors (Lipinski definition) is 4. The maximum absolute atomic E-state index is 12.9. The van der Waals surface area contributed by atoms with Crippen molar-refractivity contribution in [2.45, 2.75) is 52.2 Å². The van der Waals surface area contributed by atoms with Crippen LogP contribution < -0.4 is 10.1 Å². The number of amides is 1. The molecule has 170 valence electrons. The molecule has 1 unspecified atom stereocenters. The van der Waals surface area contributed by atoms with E-state index in [0.29, 0.717) is 12.5 Å². The van der Waals surface area contributed by atoms with Crippen LogP contribution in [0.15, 0.2) is 42.5 Å². The summed E-state index contributed by atoms with van der Waals surface area (Å²) < 4.78 is 11.8. The van der Waals surface area contributed by atoms with Gasteiger partial charge in [0, 0.05) is 12.1 Å². The van der Waals surface area contributed by atoms with Crippen molar-refractivity contribution in [1.29, 1.82) is 0 Å². The molecule has 2 aromatic rings. The van der Waals surface area contributed by atoms with Gasteiger partial charge >= 0.3 is 6.09 Å². The molecule has 3 heterocycles. The third-order valence-corrected chi connectivity index (χ3v) is 7.50. The second-order valence-electron chi connectivity index (χ2n) is 10.2. The fourth-order valence-corrected chi connectivity index (χ4v) is 5.82. The molecule has 5 nitrogen and oxygen atoms in total. The molecule has 32 heavy (non-hydrogen) atoms. The van der Waals surface area contributed by atoms with E-state index in [4.69, 9.17) is 9.47 Å². The van der Waals surface area contributed by atoms with Crippen LogP contribution in [-0.4, -0.2) is 43.3 Å². The van der Waals surface area contributed by atoms with Gasteiger partial charge in [0.15, 0.2) is 0 Å². The zero-order chi connectivity index (χ0) is 22.3. The number of alkyl carbamates (subject to hydrolysis) is 1. The van der Waals surface area contributed by atoms with Gasteiger partial charge in [0.2, 0.25) is 0 Å². The number of fused-ring (bicyclic) bond motifs is 4. The lowest BCUT2D eigenvalue weighted by Gasteiger charge is -2.44. The molecule has 1 aliphatic carbocycles. The van der Waals surface area contributed by atoms with E-state index in [1.54, 1.807) is 0 Å². The van der Waals surface area contributed by atoms with Crippen LogP contribution in [0.25, 0.3) is 11.1 Å². The number of carbonyl (C=O) groups is 1. The Kier molecular flexibility index (Phi) is 5.62. The number of carbonyl (C=O) groups excluding carboxylic acids is 1. The molecule has 0 radical (unpaired) electrons. The van der Waals surface area contributed by atoms with E-state index in [1.807, 2.05) is 25.1 Å². The lowest BCUT2D eigenvalue weighted by molar-refractivity contribution is -0.0348. The minimum Gasteiger partial charge on any atom is -0.493 e. The number of benzene rings is 2. The van der Waals surface area contributed by atoms with E-state index in [1.165, 1.54) is 11.1 Å². The normalized spacial score (nSPS) is 27.6. The summed E-state index contributed by atoms with van der Waals surface area (Å²) in [5, 5.41) is 3.22. The molecule has 0 spiro atoms. The minimum absolute atomic E-state index is 0.0268. The van der Waals surface area contributed by atoms with E-state index < -0.39 is 0 Å². The standard InChI is InChI=1S/C27H34N2O3/c1-4-31-23-8-6-5-7-21(23)19-9-10-22-20(15-19)16-27(2,3)25(22)28-26(30)32-24-17-29-13-11-18(24)12-14-29/h5-10,15,18,24-25H,4,11-14,16-17H2,1-3H3,(H,28,30)/t24-,25?/m0/s1. The Morgan fingerprint density at radius 3 is 2.66 bits per heavy atom. The van der Waals surface area contributed by atoms with Gasteiger partial charge in [-0.15, -0.1) is 0 Å². The van der Waals surface area contributed by atoms with Gasteiger partial charge in [0.05, 0.1) is 12.6 Å². The van der Waals surface area contributed by atoms with Crippen LogP contribution in [-0.2, 0) is 11.2 Å². The Morgan fingerprint density at radius 2 is 1.94 bits per heavy atom. The van der Waals surface area contributed by atoms with Gasteiger partial charge in [-0.3, -0.25) is 4.90 Å². The SMILES string of the molecule is CCOc1ccccc1-c1ccc2c(c1)CC(C)(C)C2NC(=O)O[C@H]1CN2CCC1CC2. The largest absolute Gasteiger partial charge is 0.493 e. The number of rotatable bonds is 5. The number of nitrogens with one attached hydrogen (secondary N) is 1. The summed E-state index contributed by atoms with van der Waals surface area (Å²) >= 11 is 0. The zero-order valence-electron chi connectivity index (χ0n) is 19.4. The van der Waals surface area contributed by atoms with Crippen LogP contribution in [0.3, 0.4) is 0 Å². The second-order valence-corrected chi connectivity index (χ2v) is 10.2. The average Bonchev–Trinajstić information content (AvgIpc) is 3.04. The van der Waals surface area contributed by atoms with Crippen molar-refractivity contribution in [1.82, 2.24) is 10.2 Å². The van der Waals surface area contributed by atoms with Gasteiger partial charge in [-0.2, -0.15) is 0 Å². The number of ether oxygens (including phenoxy) is 2. The molecule has 6 rings (SSSR count). The highest BCUT2D eigenvalue weighted by molar-refractivity contribution is 5.73. The number of piperidine rings is 3. The number of hydrogen-bond donors (Lipinski definition) is 1. The fraction of sp³-hybridized carbons (Fsp3) is 0.519. The molecule has 2 bridgehead atoms. The third kappa shape index (κ3) is 3.99. The van der Waals surface area contributed by atoms with Crippen molar-refractivity contribution in [3.63, 3.8) is 0 Å². The summed E-state index contributed by atoms with van der Waals surface area (Å²) in [4.78, 5) is 15.3. The van der Waals surface area contributed by atoms with Crippen LogP contribution >= 0.6 is 0 Å². The number of nitrogens with zero attached hydrogens (tertiary/aromatic N) is 1. The summed E-state index contributed by atoms with van der Waals surface area (Å²) in [5.41, 5.74) is 4.66. The van der Waals surface area contributed by atoms with E-state index in [-0.39, 0.29) is 23.7 Å². The first kappa shape index (κ1) is 21.3. The van der Waals surface area contributed by atoms with Gasteiger partial charge in [-0.05, 0) is 73.4 Å². The molecule has 0 saturated carbocycles. The molecule has 5 heteroatoms. The van der Waals surface area contributed by atoms with Gasteiger partial charge in [-0.1, -0.05) is 50.2 Å². The predicted octanol–water partition coefficient (Wildman–Crippen LogP) is 5.20. The summed E-state index contributed by atoms with van der Waals surface area (Å²) in [7, 11) is 0. The van der Waals surface area contributed by atoms with Crippen LogP contribution in [0.4, 0.5) is 4.79 Å². The first-order valence-corrected chi connectivity index (χ1v) is 12.0. The highest BCUT2D eigenvalue weighted by Crippen LogP contribution is 2.47. The van der Waals surface area contributed by atoms with Crippen LogP contribution in [0, 0.1) is 11.3 Å². The maximum Gasteiger partial charge on any atom is 0.407 e. The van der Waals surface area contributed by atoms with Crippen molar-refractivity contribution >= 4 is 6.09 Å². The highest BCUT2D eigenvalue weighted by Gasteiger charge is 2.42. The molecule has 4 aliphatic rings. The van der Waals surface area contributed by atoms with Crippen molar-refractivity contribution in [3.8, 4) is 16.9 Å². The zero-order valence-corrected chi connectivity index (χ0v) is 19.4. The van der Waals surface area contributed by atoms with E-state index in [0.717, 1.165) is 55.8 Å². The quantitative estimate of drug-likeness (QED) is 0.703. The lowest BCUT2D eigenvalue weighted by Crippen LogP contribution is -2.53. The fourth-order valence-electron chi connectivity index (χ4n) is 5.82. The molecular formula is C27H34N2O3. The van der Waals surface area contributed by atoms with Crippen LogP contribution in [0.5, 0.6) is 5.75 Å². The molecule has 3 aliphatic heterocycles. The second kappa shape index (κ2) is 8.43. The molecular weight excluding hydrogens is 400 g/mol. The van der Waals surface area contributed by atoms with Crippen LogP contribution in [0.1, 0.15) is 50.8 Å². The van der Waals surface area contributed by atoms with Gasteiger partial charge in [-0.25, -0.2) is 4.79 Å². The monoisotopic (exact) mass is 434 g/mol. The molecule has 3 saturated heterocycles. The smallest absolute Gasteiger partial charge is 0.407 e. The van der Waals surface area contributed by atoms with Crippen molar-refractivity contribution in [3.05, 3.63) is 53.6 Å². The van der Waals surface area contributed by atoms with Crippen molar-refractivity contribution in [2.75, 3.05) is 26.2 Å². The van der Waals surface area contributed by atoms with Crippen molar-refractivity contribution in [2.24, 2.45) is 11.3 Å². The first-order valence-electron chi connectivity index (χ1n) is 12.0.